The molecule has 3 fully saturated rings. The molecule has 1 spiro atoms. The molecular weight excluding hydrogens is 248 g/mol. The first-order valence-electron chi connectivity index (χ1n) is 8.74. The predicted molar refractivity (Wildman–Crippen MR) is 81.6 cm³/mol. The molecule has 1 saturated carbocycles. The van der Waals surface area contributed by atoms with Crippen LogP contribution in [0.15, 0.2) is 0 Å². The van der Waals surface area contributed by atoms with Crippen LogP contribution in [0.5, 0.6) is 0 Å². The Bertz CT molecular complexity index is 344. The van der Waals surface area contributed by atoms with E-state index in [-0.39, 0.29) is 5.54 Å². The van der Waals surface area contributed by atoms with Crippen molar-refractivity contribution in [3.8, 4) is 0 Å². The number of hydrogen-bond acceptors (Lipinski definition) is 2. The molecule has 1 unspecified atom stereocenters. The third-order valence-corrected chi connectivity index (χ3v) is 6.11. The van der Waals surface area contributed by atoms with Gasteiger partial charge in [0.1, 0.15) is 0 Å². The van der Waals surface area contributed by atoms with Crippen molar-refractivity contribution in [1.82, 2.24) is 10.2 Å². The normalized spacial score (nSPS) is 33.0. The minimum atomic E-state index is -0.213. The molecule has 2 aliphatic heterocycles. The minimum absolute atomic E-state index is 0.213. The fourth-order valence-electron chi connectivity index (χ4n) is 4.85. The Hall–Kier alpha value is -0.570. The summed E-state index contributed by atoms with van der Waals surface area (Å²) in [7, 11) is 0. The number of nitrogens with zero attached hydrogens (tertiary/aromatic N) is 1. The molecule has 3 aliphatic rings. The van der Waals surface area contributed by atoms with E-state index in [1.165, 1.54) is 38.5 Å². The second kappa shape index (κ2) is 5.67. The van der Waals surface area contributed by atoms with Gasteiger partial charge in [0.2, 0.25) is 5.91 Å². The van der Waals surface area contributed by atoms with E-state index in [2.05, 4.69) is 17.1 Å². The van der Waals surface area contributed by atoms with Crippen molar-refractivity contribution in [2.75, 3.05) is 19.6 Å². The van der Waals surface area contributed by atoms with Crippen LogP contribution in [0.2, 0.25) is 0 Å². The molecule has 0 aromatic carbocycles. The molecule has 1 amide bonds. The van der Waals surface area contributed by atoms with Gasteiger partial charge in [0.25, 0.3) is 0 Å². The Balaban J connectivity index is 1.63. The van der Waals surface area contributed by atoms with Crippen molar-refractivity contribution < 1.29 is 4.79 Å². The number of rotatable bonds is 3. The van der Waals surface area contributed by atoms with E-state index in [0.717, 1.165) is 45.3 Å². The number of hydrogen-bond donors (Lipinski definition) is 1. The Morgan fingerprint density at radius 3 is 2.30 bits per heavy atom. The lowest BCUT2D eigenvalue weighted by Crippen LogP contribution is -2.57. The molecule has 3 nitrogen and oxygen atoms in total. The highest BCUT2D eigenvalue weighted by Crippen LogP contribution is 2.46. The SMILES string of the molecule is CCCC1(C(=O)N2CCC3(CCCC3)CC2)CCCN1. The van der Waals surface area contributed by atoms with Crippen LogP contribution in [0, 0.1) is 5.41 Å². The summed E-state index contributed by atoms with van der Waals surface area (Å²) >= 11 is 0. The lowest BCUT2D eigenvalue weighted by molar-refractivity contribution is -0.140. The topological polar surface area (TPSA) is 32.3 Å². The van der Waals surface area contributed by atoms with E-state index in [0.29, 0.717) is 11.3 Å². The summed E-state index contributed by atoms with van der Waals surface area (Å²) in [6, 6.07) is 0. The number of carbonyl (C=O) groups is 1. The Morgan fingerprint density at radius 1 is 1.05 bits per heavy atom. The molecule has 0 aromatic rings. The summed E-state index contributed by atoms with van der Waals surface area (Å²) in [4.78, 5) is 15.2. The molecule has 114 valence electrons. The van der Waals surface area contributed by atoms with E-state index >= 15 is 0 Å². The Kier molecular flexibility index (Phi) is 4.07. The summed E-state index contributed by atoms with van der Waals surface area (Å²) in [6.45, 7) is 5.22. The molecule has 3 heteroatoms. The molecule has 0 radical (unpaired) electrons. The molecule has 2 heterocycles. The highest BCUT2D eigenvalue weighted by Gasteiger charge is 2.45. The van der Waals surface area contributed by atoms with Gasteiger partial charge in [-0.15, -0.1) is 0 Å². The third-order valence-electron chi connectivity index (χ3n) is 6.11. The smallest absolute Gasteiger partial charge is 0.242 e. The number of piperidine rings is 1. The largest absolute Gasteiger partial charge is 0.341 e. The first-order valence-corrected chi connectivity index (χ1v) is 8.74. The molecular formula is C17H30N2O. The second-order valence-corrected chi connectivity index (χ2v) is 7.36. The van der Waals surface area contributed by atoms with Gasteiger partial charge in [-0.1, -0.05) is 26.2 Å². The maximum Gasteiger partial charge on any atom is 0.242 e. The fraction of sp³-hybridized carbons (Fsp3) is 0.941. The highest BCUT2D eigenvalue weighted by molar-refractivity contribution is 5.86. The van der Waals surface area contributed by atoms with E-state index in [4.69, 9.17) is 0 Å². The fourth-order valence-corrected chi connectivity index (χ4v) is 4.85. The summed E-state index contributed by atoms with van der Waals surface area (Å²) in [5.74, 6) is 0.407. The molecule has 0 bridgehead atoms. The number of likely N-dealkylation sites (tertiary alicyclic amines) is 1. The van der Waals surface area contributed by atoms with Gasteiger partial charge in [-0.2, -0.15) is 0 Å². The Morgan fingerprint density at radius 2 is 1.75 bits per heavy atom. The van der Waals surface area contributed by atoms with Gasteiger partial charge in [0, 0.05) is 13.1 Å². The van der Waals surface area contributed by atoms with Crippen molar-refractivity contribution in [2.45, 2.75) is 76.7 Å². The van der Waals surface area contributed by atoms with E-state index in [1.807, 2.05) is 0 Å². The van der Waals surface area contributed by atoms with Crippen LogP contribution in [0.25, 0.3) is 0 Å². The van der Waals surface area contributed by atoms with Gasteiger partial charge < -0.3 is 10.2 Å². The number of amides is 1. The standard InChI is InChI=1S/C17H30N2O/c1-2-6-17(9-5-12-18-17)15(20)19-13-10-16(11-14-19)7-3-4-8-16/h18H,2-14H2,1H3. The zero-order valence-electron chi connectivity index (χ0n) is 13.0. The lowest BCUT2D eigenvalue weighted by Gasteiger charge is -2.42. The summed E-state index contributed by atoms with van der Waals surface area (Å²) < 4.78 is 0. The quantitative estimate of drug-likeness (QED) is 0.860. The zero-order valence-corrected chi connectivity index (χ0v) is 13.0. The van der Waals surface area contributed by atoms with Crippen LogP contribution in [0.1, 0.15) is 71.1 Å². The van der Waals surface area contributed by atoms with Crippen LogP contribution in [0.4, 0.5) is 0 Å². The molecule has 1 N–H and O–H groups in total. The summed E-state index contributed by atoms with van der Waals surface area (Å²) in [5, 5.41) is 3.54. The van der Waals surface area contributed by atoms with Crippen LogP contribution in [-0.4, -0.2) is 36.0 Å². The second-order valence-electron chi connectivity index (χ2n) is 7.36. The molecule has 1 aliphatic carbocycles. The van der Waals surface area contributed by atoms with Gasteiger partial charge in [-0.05, 0) is 56.9 Å². The maximum absolute atomic E-state index is 13.0. The first-order chi connectivity index (χ1) is 9.70. The zero-order chi connectivity index (χ0) is 14.1. The van der Waals surface area contributed by atoms with E-state index in [9.17, 15) is 4.79 Å². The molecule has 1 atom stereocenters. The average Bonchev–Trinajstić information content (AvgIpc) is 3.10. The highest BCUT2D eigenvalue weighted by atomic mass is 16.2. The average molecular weight is 278 g/mol. The van der Waals surface area contributed by atoms with Gasteiger partial charge in [-0.3, -0.25) is 4.79 Å². The Labute approximate surface area is 123 Å². The van der Waals surface area contributed by atoms with Crippen molar-refractivity contribution in [1.29, 1.82) is 0 Å². The van der Waals surface area contributed by atoms with E-state index < -0.39 is 0 Å². The monoisotopic (exact) mass is 278 g/mol. The van der Waals surface area contributed by atoms with Crippen LogP contribution in [0.3, 0.4) is 0 Å². The first kappa shape index (κ1) is 14.4. The van der Waals surface area contributed by atoms with Crippen LogP contribution < -0.4 is 5.32 Å². The molecule has 2 saturated heterocycles. The van der Waals surface area contributed by atoms with E-state index in [1.54, 1.807) is 0 Å². The minimum Gasteiger partial charge on any atom is -0.341 e. The summed E-state index contributed by atoms with van der Waals surface area (Å²) in [5.41, 5.74) is 0.396. The van der Waals surface area contributed by atoms with Crippen molar-refractivity contribution in [3.63, 3.8) is 0 Å². The van der Waals surface area contributed by atoms with Crippen molar-refractivity contribution >= 4 is 5.91 Å². The lowest BCUT2D eigenvalue weighted by atomic mass is 9.76. The predicted octanol–water partition coefficient (Wildman–Crippen LogP) is 3.09. The molecule has 0 aromatic heterocycles. The van der Waals surface area contributed by atoms with Crippen LogP contribution in [-0.2, 0) is 4.79 Å². The van der Waals surface area contributed by atoms with Crippen molar-refractivity contribution in [2.24, 2.45) is 5.41 Å². The summed E-state index contributed by atoms with van der Waals surface area (Å²) in [6.07, 6.45) is 12.4. The van der Waals surface area contributed by atoms with Crippen molar-refractivity contribution in [3.05, 3.63) is 0 Å². The number of nitrogens with one attached hydrogen (secondary N) is 1. The van der Waals surface area contributed by atoms with Gasteiger partial charge in [0.05, 0.1) is 5.54 Å². The van der Waals surface area contributed by atoms with Gasteiger partial charge in [-0.25, -0.2) is 0 Å². The third kappa shape index (κ3) is 2.49. The van der Waals surface area contributed by atoms with Crippen LogP contribution >= 0.6 is 0 Å². The number of carbonyl (C=O) groups excluding carboxylic acids is 1. The molecule has 20 heavy (non-hydrogen) atoms. The van der Waals surface area contributed by atoms with Gasteiger partial charge in [0.15, 0.2) is 0 Å². The van der Waals surface area contributed by atoms with Gasteiger partial charge >= 0.3 is 0 Å². The maximum atomic E-state index is 13.0. The molecule has 3 rings (SSSR count).